The van der Waals surface area contributed by atoms with Crippen LogP contribution in [0.4, 0.5) is 11.4 Å². The van der Waals surface area contributed by atoms with Gasteiger partial charge >= 0.3 is 0 Å². The molecule has 2 aromatic rings. The minimum absolute atomic E-state index is 0.0657. The van der Waals surface area contributed by atoms with Crippen LogP contribution >= 0.6 is 15.9 Å². The zero-order chi connectivity index (χ0) is 14.1. The van der Waals surface area contributed by atoms with E-state index in [0.29, 0.717) is 5.75 Å². The molecule has 3 rings (SSSR count). The van der Waals surface area contributed by atoms with Crippen molar-refractivity contribution in [2.24, 2.45) is 0 Å². The number of rotatable bonds is 3. The van der Waals surface area contributed by atoms with Crippen molar-refractivity contribution in [3.63, 3.8) is 0 Å². The Morgan fingerprint density at radius 1 is 1.25 bits per heavy atom. The van der Waals surface area contributed by atoms with E-state index in [2.05, 4.69) is 26.6 Å². The summed E-state index contributed by atoms with van der Waals surface area (Å²) in [6, 6.07) is 12.9. The van der Waals surface area contributed by atoms with Crippen molar-refractivity contribution < 1.29 is 9.53 Å². The second kappa shape index (κ2) is 5.17. The fraction of sp³-hybridized carbons (Fsp3) is 0.133. The summed E-state index contributed by atoms with van der Waals surface area (Å²) < 4.78 is 6.24. The molecular formula is C15H13BrN2O2. The summed E-state index contributed by atoms with van der Waals surface area (Å²) in [5.41, 5.74) is 2.56. The van der Waals surface area contributed by atoms with Gasteiger partial charge in [0.15, 0.2) is 0 Å². The maximum atomic E-state index is 12.1. The lowest BCUT2D eigenvalue weighted by atomic mass is 10.1. The summed E-state index contributed by atoms with van der Waals surface area (Å²) in [5.74, 6) is 0.648. The SMILES string of the molecule is COc1ccccc1NC1C(=O)Nc2cc(Br)ccc21. The molecule has 0 radical (unpaired) electrons. The first kappa shape index (κ1) is 13.0. The number of amides is 1. The number of methoxy groups -OCH3 is 1. The lowest BCUT2D eigenvalue weighted by Crippen LogP contribution is -2.19. The van der Waals surface area contributed by atoms with E-state index in [1.807, 2.05) is 42.5 Å². The maximum absolute atomic E-state index is 12.1. The van der Waals surface area contributed by atoms with Crippen molar-refractivity contribution in [3.05, 3.63) is 52.5 Å². The van der Waals surface area contributed by atoms with Crippen molar-refractivity contribution in [1.82, 2.24) is 0 Å². The molecule has 0 bridgehead atoms. The molecule has 4 nitrogen and oxygen atoms in total. The van der Waals surface area contributed by atoms with E-state index in [1.54, 1.807) is 7.11 Å². The molecular weight excluding hydrogens is 320 g/mol. The highest BCUT2D eigenvalue weighted by molar-refractivity contribution is 9.10. The summed E-state index contributed by atoms with van der Waals surface area (Å²) in [4.78, 5) is 12.1. The van der Waals surface area contributed by atoms with E-state index in [-0.39, 0.29) is 5.91 Å². The van der Waals surface area contributed by atoms with Gasteiger partial charge in [0, 0.05) is 15.7 Å². The van der Waals surface area contributed by atoms with Gasteiger partial charge in [0.1, 0.15) is 11.8 Å². The van der Waals surface area contributed by atoms with Gasteiger partial charge < -0.3 is 15.4 Å². The normalized spacial score (nSPS) is 16.5. The number of hydrogen-bond acceptors (Lipinski definition) is 3. The fourth-order valence-corrected chi connectivity index (χ4v) is 2.66. The van der Waals surface area contributed by atoms with Gasteiger partial charge in [-0.1, -0.05) is 34.1 Å². The van der Waals surface area contributed by atoms with Crippen molar-refractivity contribution >= 4 is 33.2 Å². The molecule has 0 saturated carbocycles. The molecule has 1 heterocycles. The Bertz CT molecular complexity index is 673. The highest BCUT2D eigenvalue weighted by Gasteiger charge is 2.30. The molecule has 102 valence electrons. The van der Waals surface area contributed by atoms with Crippen molar-refractivity contribution in [1.29, 1.82) is 0 Å². The van der Waals surface area contributed by atoms with Crippen LogP contribution in [0.25, 0.3) is 0 Å². The molecule has 0 fully saturated rings. The van der Waals surface area contributed by atoms with Gasteiger partial charge in [-0.05, 0) is 24.3 Å². The molecule has 1 aliphatic rings. The van der Waals surface area contributed by atoms with E-state index in [1.165, 1.54) is 0 Å². The molecule has 0 aromatic heterocycles. The standard InChI is InChI=1S/C15H13BrN2O2/c1-20-13-5-3-2-4-11(13)17-14-10-7-6-9(16)8-12(10)18-15(14)19/h2-8,14,17H,1H3,(H,18,19). The Hall–Kier alpha value is -2.01. The predicted molar refractivity (Wildman–Crippen MR) is 82.1 cm³/mol. The fourth-order valence-electron chi connectivity index (χ4n) is 2.30. The second-order valence-corrected chi connectivity index (χ2v) is 5.41. The molecule has 5 heteroatoms. The molecule has 1 aliphatic heterocycles. The van der Waals surface area contributed by atoms with E-state index in [9.17, 15) is 4.79 Å². The van der Waals surface area contributed by atoms with Gasteiger partial charge in [-0.15, -0.1) is 0 Å². The summed E-state index contributed by atoms with van der Waals surface area (Å²) in [6.45, 7) is 0. The molecule has 20 heavy (non-hydrogen) atoms. The first-order valence-electron chi connectivity index (χ1n) is 6.19. The van der Waals surface area contributed by atoms with Crippen LogP contribution in [-0.2, 0) is 4.79 Å². The highest BCUT2D eigenvalue weighted by Crippen LogP contribution is 2.36. The number of hydrogen-bond donors (Lipinski definition) is 2. The number of nitrogens with one attached hydrogen (secondary N) is 2. The van der Waals surface area contributed by atoms with Crippen LogP contribution in [-0.4, -0.2) is 13.0 Å². The zero-order valence-electron chi connectivity index (χ0n) is 10.8. The average Bonchev–Trinajstić information content (AvgIpc) is 2.75. The monoisotopic (exact) mass is 332 g/mol. The zero-order valence-corrected chi connectivity index (χ0v) is 12.4. The molecule has 0 aliphatic carbocycles. The third kappa shape index (κ3) is 2.25. The lowest BCUT2D eigenvalue weighted by Gasteiger charge is -2.15. The molecule has 2 N–H and O–H groups in total. The quantitative estimate of drug-likeness (QED) is 0.903. The molecule has 0 saturated heterocycles. The first-order valence-corrected chi connectivity index (χ1v) is 6.98. The highest BCUT2D eigenvalue weighted by atomic mass is 79.9. The number of benzene rings is 2. The third-order valence-electron chi connectivity index (χ3n) is 3.25. The number of anilines is 2. The Morgan fingerprint density at radius 2 is 2.05 bits per heavy atom. The van der Waals surface area contributed by atoms with Crippen LogP contribution in [0, 0.1) is 0 Å². The number of carbonyl (C=O) groups excluding carboxylic acids is 1. The molecule has 1 unspecified atom stereocenters. The Kier molecular flexibility index (Phi) is 3.36. The van der Waals surface area contributed by atoms with Crippen LogP contribution < -0.4 is 15.4 Å². The van der Waals surface area contributed by atoms with Gasteiger partial charge in [-0.25, -0.2) is 0 Å². The second-order valence-electron chi connectivity index (χ2n) is 4.50. The van der Waals surface area contributed by atoms with E-state index < -0.39 is 6.04 Å². The topological polar surface area (TPSA) is 50.4 Å². The molecule has 2 aromatic carbocycles. The van der Waals surface area contributed by atoms with E-state index in [0.717, 1.165) is 21.4 Å². The number of fused-ring (bicyclic) bond motifs is 1. The van der Waals surface area contributed by atoms with Gasteiger partial charge in [0.25, 0.3) is 5.91 Å². The van der Waals surface area contributed by atoms with Gasteiger partial charge in [-0.3, -0.25) is 4.79 Å². The van der Waals surface area contributed by atoms with Crippen molar-refractivity contribution in [2.45, 2.75) is 6.04 Å². The number of carbonyl (C=O) groups is 1. The van der Waals surface area contributed by atoms with Crippen LogP contribution in [0.15, 0.2) is 46.9 Å². The first-order chi connectivity index (χ1) is 9.69. The lowest BCUT2D eigenvalue weighted by molar-refractivity contribution is -0.116. The summed E-state index contributed by atoms with van der Waals surface area (Å²) in [7, 11) is 1.61. The number of ether oxygens (including phenoxy) is 1. The maximum Gasteiger partial charge on any atom is 0.251 e. The Balaban J connectivity index is 1.94. The van der Waals surface area contributed by atoms with Crippen molar-refractivity contribution in [2.75, 3.05) is 17.7 Å². The van der Waals surface area contributed by atoms with E-state index >= 15 is 0 Å². The van der Waals surface area contributed by atoms with Crippen molar-refractivity contribution in [3.8, 4) is 5.75 Å². The van der Waals surface area contributed by atoms with Gasteiger partial charge in [0.2, 0.25) is 0 Å². The molecule has 0 spiro atoms. The van der Waals surface area contributed by atoms with Crippen LogP contribution in [0.3, 0.4) is 0 Å². The van der Waals surface area contributed by atoms with Crippen LogP contribution in [0.5, 0.6) is 5.75 Å². The van der Waals surface area contributed by atoms with E-state index in [4.69, 9.17) is 4.74 Å². The van der Waals surface area contributed by atoms with Crippen LogP contribution in [0.1, 0.15) is 11.6 Å². The van der Waals surface area contributed by atoms with Gasteiger partial charge in [0.05, 0.1) is 12.8 Å². The summed E-state index contributed by atoms with van der Waals surface area (Å²) >= 11 is 3.40. The number of halogens is 1. The molecule has 1 atom stereocenters. The third-order valence-corrected chi connectivity index (χ3v) is 3.75. The minimum atomic E-state index is -0.408. The molecule has 1 amide bonds. The average molecular weight is 333 g/mol. The Labute approximate surface area is 125 Å². The predicted octanol–water partition coefficient (Wildman–Crippen LogP) is 3.56. The smallest absolute Gasteiger partial charge is 0.251 e. The number of para-hydroxylation sites is 2. The summed E-state index contributed by atoms with van der Waals surface area (Å²) in [5, 5.41) is 6.11. The minimum Gasteiger partial charge on any atom is -0.495 e. The Morgan fingerprint density at radius 3 is 2.85 bits per heavy atom. The largest absolute Gasteiger partial charge is 0.495 e. The summed E-state index contributed by atoms with van der Waals surface area (Å²) in [6.07, 6.45) is 0. The van der Waals surface area contributed by atoms with Gasteiger partial charge in [-0.2, -0.15) is 0 Å². The van der Waals surface area contributed by atoms with Crippen LogP contribution in [0.2, 0.25) is 0 Å².